The van der Waals surface area contributed by atoms with Gasteiger partial charge in [0.25, 0.3) is 0 Å². The van der Waals surface area contributed by atoms with Gasteiger partial charge in [-0.25, -0.2) is 0 Å². The van der Waals surface area contributed by atoms with Gasteiger partial charge in [0.2, 0.25) is 0 Å². The molecule has 1 fully saturated rings. The Bertz CT molecular complexity index is 665. The van der Waals surface area contributed by atoms with Crippen LogP contribution in [0.1, 0.15) is 62.2 Å². The fraction of sp³-hybridized carbons (Fsp3) is 0.538. The molecular formula is C26H36O2S2. The van der Waals surface area contributed by atoms with Crippen molar-refractivity contribution >= 4 is 23.5 Å². The molecule has 0 N–H and O–H groups in total. The molecule has 0 bridgehead atoms. The Morgan fingerprint density at radius 2 is 1.23 bits per heavy atom. The van der Waals surface area contributed by atoms with Crippen LogP contribution in [0.4, 0.5) is 0 Å². The van der Waals surface area contributed by atoms with Gasteiger partial charge in [0.05, 0.1) is 12.5 Å². The monoisotopic (exact) mass is 444 g/mol. The minimum Gasteiger partial charge on any atom is -0.380 e. The molecule has 1 aliphatic heterocycles. The minimum atomic E-state index is 0.666. The van der Waals surface area contributed by atoms with E-state index in [1.54, 1.807) is 11.8 Å². The quantitative estimate of drug-likeness (QED) is 0.107. The van der Waals surface area contributed by atoms with E-state index in [-0.39, 0.29) is 0 Å². The van der Waals surface area contributed by atoms with Crippen LogP contribution in [0.3, 0.4) is 0 Å². The van der Waals surface area contributed by atoms with Crippen LogP contribution in [0.15, 0.2) is 65.6 Å². The Kier molecular flexibility index (Phi) is 11.8. The zero-order valence-corrected chi connectivity index (χ0v) is 19.7. The van der Waals surface area contributed by atoms with Crippen molar-refractivity contribution in [1.29, 1.82) is 0 Å². The molecule has 0 radical (unpaired) electrons. The van der Waals surface area contributed by atoms with Crippen molar-refractivity contribution in [2.24, 2.45) is 0 Å². The first-order valence-corrected chi connectivity index (χ1v) is 13.4. The van der Waals surface area contributed by atoms with E-state index in [9.17, 15) is 0 Å². The van der Waals surface area contributed by atoms with E-state index in [0.717, 1.165) is 25.8 Å². The smallest absolute Gasteiger partial charge is 0.0966 e. The largest absolute Gasteiger partial charge is 0.380 e. The third-order valence-corrected chi connectivity index (χ3v) is 7.60. The second-order valence-electron chi connectivity index (χ2n) is 7.89. The van der Waals surface area contributed by atoms with Gasteiger partial charge in [0.15, 0.2) is 0 Å². The average Bonchev–Trinajstić information content (AvgIpc) is 3.57. The zero-order chi connectivity index (χ0) is 20.7. The molecule has 0 aliphatic carbocycles. The van der Waals surface area contributed by atoms with Crippen LogP contribution in [0.25, 0.3) is 0 Å². The first kappa shape index (κ1) is 23.7. The fourth-order valence-electron chi connectivity index (χ4n) is 3.56. The number of hydrogen-bond donors (Lipinski definition) is 0. The molecule has 0 aromatic heterocycles. The molecule has 1 aliphatic rings. The Morgan fingerprint density at radius 1 is 0.667 bits per heavy atom. The number of thioether (sulfide) groups is 2. The van der Waals surface area contributed by atoms with Crippen molar-refractivity contribution in [1.82, 2.24) is 0 Å². The third kappa shape index (κ3) is 9.91. The highest BCUT2D eigenvalue weighted by Gasteiger charge is 2.39. The summed E-state index contributed by atoms with van der Waals surface area (Å²) in [6.45, 7) is 2.73. The molecule has 2 aromatic rings. The summed E-state index contributed by atoms with van der Waals surface area (Å²) in [5.41, 5.74) is 1.45. The number of ether oxygens (including phenoxy) is 2. The van der Waals surface area contributed by atoms with Crippen molar-refractivity contribution in [3.63, 3.8) is 0 Å². The standard InChI is InChI=1S/C26H36O2S2/c1(2-4-6-14-20-28-22-29-24-17-11-8-12-18-24)3-5-13-19-27-21-25-26(30-25)23-15-9-7-10-16-23/h7-12,15-18,25-26H,1-6,13-14,19-22H2. The maximum atomic E-state index is 5.89. The molecule has 2 nitrogen and oxygen atoms in total. The zero-order valence-electron chi connectivity index (χ0n) is 18.0. The summed E-state index contributed by atoms with van der Waals surface area (Å²) in [6, 6.07) is 21.3. The molecule has 164 valence electrons. The van der Waals surface area contributed by atoms with Crippen molar-refractivity contribution < 1.29 is 9.47 Å². The van der Waals surface area contributed by atoms with E-state index in [0.29, 0.717) is 10.5 Å². The highest BCUT2D eigenvalue weighted by Crippen LogP contribution is 2.54. The van der Waals surface area contributed by atoms with E-state index in [1.807, 2.05) is 17.8 Å². The molecule has 1 heterocycles. The van der Waals surface area contributed by atoms with E-state index >= 15 is 0 Å². The van der Waals surface area contributed by atoms with Crippen LogP contribution >= 0.6 is 23.5 Å². The van der Waals surface area contributed by atoms with Crippen molar-refractivity contribution in [3.8, 4) is 0 Å². The molecule has 0 spiro atoms. The van der Waals surface area contributed by atoms with Gasteiger partial charge in [-0.15, -0.1) is 11.8 Å². The molecule has 0 saturated carbocycles. The molecule has 0 amide bonds. The Hall–Kier alpha value is -0.940. The SMILES string of the molecule is c1ccc(SCOCCCCCCCCCCOCC2SC2c2ccccc2)cc1. The van der Waals surface area contributed by atoms with Crippen molar-refractivity contribution in [2.45, 2.75) is 66.8 Å². The van der Waals surface area contributed by atoms with Gasteiger partial charge in [0.1, 0.15) is 0 Å². The first-order valence-electron chi connectivity index (χ1n) is 11.5. The Morgan fingerprint density at radius 3 is 1.90 bits per heavy atom. The second-order valence-corrected chi connectivity index (χ2v) is 10.3. The molecule has 30 heavy (non-hydrogen) atoms. The van der Waals surface area contributed by atoms with Gasteiger partial charge in [-0.2, -0.15) is 0 Å². The minimum absolute atomic E-state index is 0.666. The summed E-state index contributed by atoms with van der Waals surface area (Å²) in [5.74, 6) is 0.762. The Balaban J connectivity index is 1.02. The van der Waals surface area contributed by atoms with E-state index in [1.165, 1.54) is 61.8 Å². The highest BCUT2D eigenvalue weighted by molar-refractivity contribution is 8.07. The lowest BCUT2D eigenvalue weighted by Crippen LogP contribution is -2.03. The van der Waals surface area contributed by atoms with Crippen LogP contribution in [0.2, 0.25) is 0 Å². The topological polar surface area (TPSA) is 18.5 Å². The maximum absolute atomic E-state index is 5.89. The summed E-state index contributed by atoms with van der Waals surface area (Å²) in [6.07, 6.45) is 10.4. The summed E-state index contributed by atoms with van der Waals surface area (Å²) in [5, 5.41) is 1.34. The average molecular weight is 445 g/mol. The van der Waals surface area contributed by atoms with Gasteiger partial charge in [-0.05, 0) is 30.5 Å². The lowest BCUT2D eigenvalue weighted by molar-refractivity contribution is 0.135. The van der Waals surface area contributed by atoms with E-state index in [4.69, 9.17) is 9.47 Å². The van der Waals surface area contributed by atoms with Crippen LogP contribution in [-0.4, -0.2) is 31.0 Å². The van der Waals surface area contributed by atoms with E-state index in [2.05, 4.69) is 54.6 Å². The van der Waals surface area contributed by atoms with Gasteiger partial charge in [0, 0.05) is 28.6 Å². The van der Waals surface area contributed by atoms with Gasteiger partial charge < -0.3 is 9.47 Å². The molecule has 2 aromatic carbocycles. The lowest BCUT2D eigenvalue weighted by Gasteiger charge is -2.05. The van der Waals surface area contributed by atoms with E-state index < -0.39 is 0 Å². The van der Waals surface area contributed by atoms with Gasteiger partial charge in [-0.1, -0.05) is 98.8 Å². The Labute approximate surface area is 191 Å². The molecular weight excluding hydrogens is 408 g/mol. The summed E-state index contributed by atoms with van der Waals surface area (Å²) < 4.78 is 11.6. The maximum Gasteiger partial charge on any atom is 0.0966 e. The summed E-state index contributed by atoms with van der Waals surface area (Å²) in [4.78, 5) is 1.28. The highest BCUT2D eigenvalue weighted by atomic mass is 32.2. The lowest BCUT2D eigenvalue weighted by atomic mass is 10.1. The second kappa shape index (κ2) is 15.0. The number of rotatable bonds is 17. The predicted octanol–water partition coefficient (Wildman–Crippen LogP) is 7.75. The fourth-order valence-corrected chi connectivity index (χ4v) is 5.26. The number of unbranched alkanes of at least 4 members (excludes halogenated alkanes) is 7. The molecule has 4 heteroatoms. The summed E-state index contributed by atoms with van der Waals surface area (Å²) in [7, 11) is 0. The molecule has 2 atom stereocenters. The summed E-state index contributed by atoms with van der Waals surface area (Å²) >= 11 is 3.81. The van der Waals surface area contributed by atoms with Crippen LogP contribution in [-0.2, 0) is 9.47 Å². The van der Waals surface area contributed by atoms with Gasteiger partial charge in [-0.3, -0.25) is 0 Å². The molecule has 2 unspecified atom stereocenters. The molecule has 1 saturated heterocycles. The normalized spacial score (nSPS) is 17.9. The van der Waals surface area contributed by atoms with Crippen LogP contribution < -0.4 is 0 Å². The third-order valence-electron chi connectivity index (χ3n) is 5.37. The first-order chi connectivity index (χ1) is 14.9. The van der Waals surface area contributed by atoms with Gasteiger partial charge >= 0.3 is 0 Å². The van der Waals surface area contributed by atoms with Crippen LogP contribution in [0.5, 0.6) is 0 Å². The van der Waals surface area contributed by atoms with Crippen molar-refractivity contribution in [2.75, 3.05) is 25.8 Å². The molecule has 3 rings (SSSR count). The number of hydrogen-bond acceptors (Lipinski definition) is 4. The van der Waals surface area contributed by atoms with Crippen molar-refractivity contribution in [3.05, 3.63) is 66.2 Å². The number of benzene rings is 2. The predicted molar refractivity (Wildman–Crippen MR) is 131 cm³/mol. The van der Waals surface area contributed by atoms with Crippen LogP contribution in [0, 0.1) is 0 Å².